The molecule has 0 aliphatic heterocycles. The number of rotatable bonds is 9. The average molecular weight is 493 g/mol. The maximum absolute atomic E-state index is 13.2. The van der Waals surface area contributed by atoms with E-state index < -0.39 is 23.8 Å². The highest BCUT2D eigenvalue weighted by molar-refractivity contribution is 6.05. The Balaban J connectivity index is 1.46. The van der Waals surface area contributed by atoms with Gasteiger partial charge in [-0.05, 0) is 55.5 Å². The lowest BCUT2D eigenvalue weighted by molar-refractivity contribution is -0.118. The van der Waals surface area contributed by atoms with Gasteiger partial charge in [-0.1, -0.05) is 32.1 Å². The summed E-state index contributed by atoms with van der Waals surface area (Å²) < 4.78 is 0. The molecule has 4 amide bonds. The number of hydrogen-bond acceptors (Lipinski definition) is 6. The Morgan fingerprint density at radius 2 is 1.67 bits per heavy atom. The molecule has 2 aromatic rings. The Morgan fingerprint density at radius 3 is 2.28 bits per heavy atom. The summed E-state index contributed by atoms with van der Waals surface area (Å²) in [4.78, 5) is 53.9. The molecule has 0 saturated heterocycles. The third-order valence-electron chi connectivity index (χ3n) is 6.69. The summed E-state index contributed by atoms with van der Waals surface area (Å²) in [5.74, 6) is -1.18. The van der Waals surface area contributed by atoms with Gasteiger partial charge in [-0.3, -0.25) is 19.2 Å². The molecule has 1 atom stereocenters. The highest BCUT2D eigenvalue weighted by Crippen LogP contribution is 2.28. The van der Waals surface area contributed by atoms with Crippen LogP contribution in [0, 0.1) is 5.92 Å². The summed E-state index contributed by atoms with van der Waals surface area (Å²) in [6, 6.07) is 6.91. The predicted octanol–water partition coefficient (Wildman–Crippen LogP) is 2.36. The third kappa shape index (κ3) is 6.59. The van der Waals surface area contributed by atoms with Crippen LogP contribution in [0.4, 0.5) is 11.5 Å². The highest BCUT2D eigenvalue weighted by atomic mass is 16.2. The average Bonchev–Trinajstić information content (AvgIpc) is 3.68. The molecule has 1 aromatic heterocycles. The number of nitrogen functional groups attached to an aromatic ring is 1. The van der Waals surface area contributed by atoms with E-state index >= 15 is 0 Å². The molecular weight excluding hydrogens is 460 g/mol. The smallest absolute Gasteiger partial charge is 0.254 e. The third-order valence-corrected chi connectivity index (χ3v) is 6.69. The van der Waals surface area contributed by atoms with Crippen LogP contribution in [0.3, 0.4) is 0 Å². The number of hydrogen-bond donors (Lipinski definition) is 5. The Bertz CT molecular complexity index is 1140. The van der Waals surface area contributed by atoms with E-state index in [0.717, 1.165) is 38.5 Å². The summed E-state index contributed by atoms with van der Waals surface area (Å²) in [5.41, 5.74) is 12.3. The number of nitrogens with one attached hydrogen (secondary N) is 3. The van der Waals surface area contributed by atoms with Gasteiger partial charge in [0.25, 0.3) is 11.8 Å². The van der Waals surface area contributed by atoms with Crippen LogP contribution in [-0.4, -0.2) is 40.7 Å². The second-order valence-electron chi connectivity index (χ2n) is 9.60. The minimum atomic E-state index is -0.810. The van der Waals surface area contributed by atoms with E-state index in [1.807, 2.05) is 0 Å². The van der Waals surface area contributed by atoms with Gasteiger partial charge in [0.1, 0.15) is 11.9 Å². The fourth-order valence-corrected chi connectivity index (χ4v) is 4.46. The lowest BCUT2D eigenvalue weighted by Gasteiger charge is -2.26. The fourth-order valence-electron chi connectivity index (χ4n) is 4.46. The van der Waals surface area contributed by atoms with Crippen molar-refractivity contribution >= 4 is 35.1 Å². The van der Waals surface area contributed by atoms with Gasteiger partial charge in [0, 0.05) is 23.5 Å². The Kier molecular flexibility index (Phi) is 7.82. The molecule has 0 spiro atoms. The fraction of sp³-hybridized carbons (Fsp3) is 0.423. The molecule has 1 heterocycles. The SMILES string of the molecule is NC(=O)c1ccc(NC(=O)C(CC2CCCCC2)NC(=O)c2ccc(C(=O)NC3CC3)cc2N)nc1. The second kappa shape index (κ2) is 11.2. The van der Waals surface area contributed by atoms with Gasteiger partial charge in [-0.15, -0.1) is 0 Å². The van der Waals surface area contributed by atoms with Crippen LogP contribution in [0.2, 0.25) is 0 Å². The normalized spacial score (nSPS) is 16.6. The van der Waals surface area contributed by atoms with Gasteiger partial charge < -0.3 is 27.4 Å². The summed E-state index contributed by atoms with van der Waals surface area (Å²) in [6.45, 7) is 0. The Labute approximate surface area is 209 Å². The van der Waals surface area contributed by atoms with Gasteiger partial charge in [0.15, 0.2) is 0 Å². The van der Waals surface area contributed by atoms with E-state index in [1.54, 1.807) is 6.07 Å². The molecule has 0 bridgehead atoms. The van der Waals surface area contributed by atoms with Gasteiger partial charge >= 0.3 is 0 Å². The maximum atomic E-state index is 13.2. The van der Waals surface area contributed by atoms with Gasteiger partial charge in [0.2, 0.25) is 11.8 Å². The van der Waals surface area contributed by atoms with E-state index in [2.05, 4.69) is 20.9 Å². The zero-order valence-electron chi connectivity index (χ0n) is 20.1. The van der Waals surface area contributed by atoms with Crippen molar-refractivity contribution in [1.29, 1.82) is 0 Å². The number of nitrogens with two attached hydrogens (primary N) is 2. The van der Waals surface area contributed by atoms with Crippen LogP contribution in [-0.2, 0) is 4.79 Å². The van der Waals surface area contributed by atoms with E-state index in [1.165, 1.54) is 36.9 Å². The summed E-state index contributed by atoms with van der Waals surface area (Å²) in [5, 5.41) is 8.44. The highest BCUT2D eigenvalue weighted by Gasteiger charge is 2.28. The van der Waals surface area contributed by atoms with E-state index in [-0.39, 0.29) is 34.6 Å². The van der Waals surface area contributed by atoms with Crippen LogP contribution >= 0.6 is 0 Å². The molecule has 1 aromatic carbocycles. The van der Waals surface area contributed by atoms with Crippen molar-refractivity contribution in [3.05, 3.63) is 53.2 Å². The number of carbonyl (C=O) groups is 4. The number of amides is 4. The largest absolute Gasteiger partial charge is 0.398 e. The molecule has 10 heteroatoms. The van der Waals surface area contributed by atoms with E-state index in [4.69, 9.17) is 11.5 Å². The lowest BCUT2D eigenvalue weighted by atomic mass is 9.84. The van der Waals surface area contributed by atoms with Crippen LogP contribution in [0.1, 0.15) is 82.4 Å². The number of aromatic nitrogens is 1. The molecule has 190 valence electrons. The summed E-state index contributed by atoms with van der Waals surface area (Å²) >= 11 is 0. The Morgan fingerprint density at radius 1 is 0.944 bits per heavy atom. The molecule has 0 radical (unpaired) electrons. The minimum absolute atomic E-state index is 0.163. The second-order valence-corrected chi connectivity index (χ2v) is 9.60. The van der Waals surface area contributed by atoms with E-state index in [0.29, 0.717) is 17.9 Å². The molecule has 1 unspecified atom stereocenters. The predicted molar refractivity (Wildman–Crippen MR) is 135 cm³/mol. The number of benzene rings is 1. The monoisotopic (exact) mass is 492 g/mol. The lowest BCUT2D eigenvalue weighted by Crippen LogP contribution is -2.45. The van der Waals surface area contributed by atoms with Gasteiger partial charge in [-0.2, -0.15) is 0 Å². The molecule has 2 aliphatic rings. The number of carbonyl (C=O) groups excluding carboxylic acids is 4. The van der Waals surface area contributed by atoms with Crippen LogP contribution in [0.25, 0.3) is 0 Å². The van der Waals surface area contributed by atoms with Crippen LogP contribution in [0.5, 0.6) is 0 Å². The number of anilines is 2. The maximum Gasteiger partial charge on any atom is 0.254 e. The quantitative estimate of drug-likeness (QED) is 0.337. The van der Waals surface area contributed by atoms with Gasteiger partial charge in [-0.25, -0.2) is 4.98 Å². The molecular formula is C26H32N6O4. The molecule has 7 N–H and O–H groups in total. The number of nitrogens with zero attached hydrogens (tertiary/aromatic N) is 1. The van der Waals surface area contributed by atoms with Crippen LogP contribution < -0.4 is 27.4 Å². The van der Waals surface area contributed by atoms with Crippen molar-refractivity contribution in [2.24, 2.45) is 11.7 Å². The summed E-state index contributed by atoms with van der Waals surface area (Å²) in [6.07, 6.45) is 9.07. The molecule has 2 fully saturated rings. The molecule has 4 rings (SSSR count). The minimum Gasteiger partial charge on any atom is -0.398 e. The first kappa shape index (κ1) is 25.2. The van der Waals surface area contributed by atoms with Crippen molar-refractivity contribution in [1.82, 2.24) is 15.6 Å². The summed E-state index contributed by atoms with van der Waals surface area (Å²) in [7, 11) is 0. The van der Waals surface area contributed by atoms with Crippen molar-refractivity contribution in [2.75, 3.05) is 11.1 Å². The zero-order valence-corrected chi connectivity index (χ0v) is 20.1. The van der Waals surface area contributed by atoms with Crippen molar-refractivity contribution in [2.45, 2.75) is 63.5 Å². The van der Waals surface area contributed by atoms with E-state index in [9.17, 15) is 19.2 Å². The molecule has 10 nitrogen and oxygen atoms in total. The molecule has 2 aliphatic carbocycles. The van der Waals surface area contributed by atoms with Crippen molar-refractivity contribution in [3.8, 4) is 0 Å². The Hall–Kier alpha value is -3.95. The number of primary amides is 1. The first-order valence-corrected chi connectivity index (χ1v) is 12.4. The zero-order chi connectivity index (χ0) is 25.7. The standard InChI is InChI=1S/C26H32N6O4/c27-20-13-16(24(34)30-18-8-9-18)6-10-19(20)25(35)31-21(12-15-4-2-1-3-5-15)26(36)32-22-11-7-17(14-29-22)23(28)33/h6-7,10-11,13-15,18,21H,1-5,8-9,12,27H2,(H2,28,33)(H,30,34)(H,31,35)(H,29,32,36). The number of pyridine rings is 1. The molecule has 36 heavy (non-hydrogen) atoms. The van der Waals surface area contributed by atoms with Crippen molar-refractivity contribution < 1.29 is 19.2 Å². The topological polar surface area (TPSA) is 169 Å². The molecule has 2 saturated carbocycles. The first-order chi connectivity index (χ1) is 17.3. The first-order valence-electron chi connectivity index (χ1n) is 12.4. The van der Waals surface area contributed by atoms with Crippen LogP contribution in [0.15, 0.2) is 36.5 Å². The van der Waals surface area contributed by atoms with Crippen molar-refractivity contribution in [3.63, 3.8) is 0 Å². The van der Waals surface area contributed by atoms with Gasteiger partial charge in [0.05, 0.1) is 11.1 Å².